The molecule has 0 aromatic heterocycles. The van der Waals surface area contributed by atoms with Gasteiger partial charge in [0.05, 0.1) is 0 Å². The van der Waals surface area contributed by atoms with E-state index in [1.165, 1.54) is 18.2 Å². The van der Waals surface area contributed by atoms with E-state index < -0.39 is 10.7 Å². The number of alkyl halides is 2. The topological polar surface area (TPSA) is 0 Å². The first-order chi connectivity index (χ1) is 5.11. The van der Waals surface area contributed by atoms with Crippen LogP contribution in [-0.2, 0) is 0 Å². The summed E-state index contributed by atoms with van der Waals surface area (Å²) >= 11 is 16.7. The van der Waals surface area contributed by atoms with Gasteiger partial charge in [-0.05, 0) is 12.1 Å². The predicted octanol–water partition coefficient (Wildman–Crippen LogP) is 3.96. The van der Waals surface area contributed by atoms with Gasteiger partial charge >= 0.3 is 0 Å². The van der Waals surface area contributed by atoms with Crippen LogP contribution in [-0.4, -0.2) is 0 Å². The highest BCUT2D eigenvalue weighted by atomic mass is 35.5. The molecule has 0 spiro atoms. The molecule has 0 amide bonds. The highest BCUT2D eigenvalue weighted by molar-refractivity contribution is 6.45. The lowest BCUT2D eigenvalue weighted by Gasteiger charge is -2.02. The monoisotopic (exact) mass is 212 g/mol. The number of rotatable bonds is 1. The van der Waals surface area contributed by atoms with Gasteiger partial charge < -0.3 is 0 Å². The first-order valence-electron chi connectivity index (χ1n) is 2.84. The minimum absolute atomic E-state index is 0.250. The van der Waals surface area contributed by atoms with Crippen molar-refractivity contribution < 1.29 is 4.39 Å². The quantitative estimate of drug-likeness (QED) is 0.620. The molecule has 0 saturated carbocycles. The van der Waals surface area contributed by atoms with E-state index in [0.717, 1.165) is 0 Å². The number of halogens is 4. The van der Waals surface area contributed by atoms with Crippen molar-refractivity contribution in [2.75, 3.05) is 0 Å². The molecule has 1 aromatic rings. The van der Waals surface area contributed by atoms with Crippen LogP contribution in [0.25, 0.3) is 0 Å². The Morgan fingerprint density at radius 2 is 1.91 bits per heavy atom. The molecule has 1 rings (SSSR count). The number of benzene rings is 1. The largest absolute Gasteiger partial charge is 0.207 e. The maximum Gasteiger partial charge on any atom is 0.134 e. The van der Waals surface area contributed by atoms with Crippen molar-refractivity contribution >= 4 is 34.8 Å². The fourth-order valence-electron chi connectivity index (χ4n) is 0.678. The zero-order valence-corrected chi connectivity index (χ0v) is 7.59. The third-order valence-corrected chi connectivity index (χ3v) is 2.00. The lowest BCUT2D eigenvalue weighted by molar-refractivity contribution is 0.627. The molecular formula is C7H4Cl3F. The van der Waals surface area contributed by atoms with Crippen LogP contribution in [0.1, 0.15) is 10.4 Å². The van der Waals surface area contributed by atoms with E-state index in [9.17, 15) is 4.39 Å². The molecule has 0 nitrogen and oxygen atoms in total. The Bertz CT molecular complexity index is 260. The van der Waals surface area contributed by atoms with Crippen LogP contribution in [0, 0.1) is 5.82 Å². The fraction of sp³-hybridized carbons (Fsp3) is 0.143. The van der Waals surface area contributed by atoms with Crippen molar-refractivity contribution in [2.24, 2.45) is 0 Å². The molecule has 0 aliphatic heterocycles. The number of hydrogen-bond donors (Lipinski definition) is 0. The van der Waals surface area contributed by atoms with Gasteiger partial charge in [-0.15, -0.1) is 23.2 Å². The summed E-state index contributed by atoms with van der Waals surface area (Å²) in [5.74, 6) is -0.396. The van der Waals surface area contributed by atoms with E-state index in [4.69, 9.17) is 34.8 Å². The average molecular weight is 213 g/mol. The lowest BCUT2D eigenvalue weighted by Crippen LogP contribution is -1.84. The molecule has 4 heteroatoms. The van der Waals surface area contributed by atoms with Gasteiger partial charge in [0.25, 0.3) is 0 Å². The van der Waals surface area contributed by atoms with Crippen molar-refractivity contribution in [1.29, 1.82) is 0 Å². The Labute approximate surface area is 78.9 Å². The van der Waals surface area contributed by atoms with Gasteiger partial charge in [0.2, 0.25) is 0 Å². The van der Waals surface area contributed by atoms with Gasteiger partial charge in [0.15, 0.2) is 0 Å². The molecule has 0 aliphatic rings. The summed E-state index contributed by atoms with van der Waals surface area (Å²) in [6.07, 6.45) is 0. The Morgan fingerprint density at radius 3 is 2.36 bits per heavy atom. The maximum absolute atomic E-state index is 12.4. The van der Waals surface area contributed by atoms with Crippen molar-refractivity contribution in [1.82, 2.24) is 0 Å². The number of hydrogen-bond acceptors (Lipinski definition) is 0. The fourth-order valence-corrected chi connectivity index (χ4v) is 1.45. The average Bonchev–Trinajstić information content (AvgIpc) is 1.85. The highest BCUT2D eigenvalue weighted by Gasteiger charge is 2.08. The van der Waals surface area contributed by atoms with Crippen molar-refractivity contribution in [3.8, 4) is 0 Å². The second kappa shape index (κ2) is 3.61. The van der Waals surface area contributed by atoms with Crippen LogP contribution in [0.15, 0.2) is 18.2 Å². The smallest absolute Gasteiger partial charge is 0.134 e. The van der Waals surface area contributed by atoms with E-state index in [0.29, 0.717) is 5.56 Å². The SMILES string of the molecule is Fc1ccc(C(Cl)Cl)c(Cl)c1. The first-order valence-corrected chi connectivity index (χ1v) is 4.09. The normalized spacial score (nSPS) is 10.6. The van der Waals surface area contributed by atoms with Crippen LogP contribution >= 0.6 is 34.8 Å². The molecule has 1 aromatic carbocycles. The molecule has 0 bridgehead atoms. The third-order valence-electron chi connectivity index (χ3n) is 1.20. The van der Waals surface area contributed by atoms with Crippen molar-refractivity contribution in [2.45, 2.75) is 4.84 Å². The van der Waals surface area contributed by atoms with Gasteiger partial charge in [0.1, 0.15) is 10.7 Å². The summed E-state index contributed by atoms with van der Waals surface area (Å²) in [6.45, 7) is 0. The maximum atomic E-state index is 12.4. The highest BCUT2D eigenvalue weighted by Crippen LogP contribution is 2.30. The second-order valence-corrected chi connectivity index (χ2v) is 3.47. The van der Waals surface area contributed by atoms with Crippen LogP contribution in [0.5, 0.6) is 0 Å². The molecule has 0 unspecified atom stereocenters. The summed E-state index contributed by atoms with van der Waals surface area (Å²) in [7, 11) is 0. The zero-order valence-electron chi connectivity index (χ0n) is 5.32. The van der Waals surface area contributed by atoms with Crippen molar-refractivity contribution in [3.63, 3.8) is 0 Å². The van der Waals surface area contributed by atoms with Gasteiger partial charge in [-0.3, -0.25) is 0 Å². The van der Waals surface area contributed by atoms with Crippen molar-refractivity contribution in [3.05, 3.63) is 34.6 Å². The zero-order chi connectivity index (χ0) is 8.43. The van der Waals surface area contributed by atoms with Gasteiger partial charge in [-0.25, -0.2) is 4.39 Å². The molecule has 0 saturated heterocycles. The van der Waals surface area contributed by atoms with Gasteiger partial charge in [-0.1, -0.05) is 17.7 Å². The van der Waals surface area contributed by atoms with E-state index >= 15 is 0 Å². The Morgan fingerprint density at radius 1 is 1.27 bits per heavy atom. The third kappa shape index (κ3) is 2.22. The summed E-state index contributed by atoms with van der Waals surface area (Å²) in [5, 5.41) is 0.250. The Balaban J connectivity index is 3.09. The first kappa shape index (κ1) is 9.11. The van der Waals surface area contributed by atoms with E-state index in [1.807, 2.05) is 0 Å². The van der Waals surface area contributed by atoms with Crippen LogP contribution in [0.2, 0.25) is 5.02 Å². The van der Waals surface area contributed by atoms with Crippen LogP contribution in [0.4, 0.5) is 4.39 Å². The molecule has 0 aliphatic carbocycles. The molecular weight excluding hydrogens is 209 g/mol. The minimum Gasteiger partial charge on any atom is -0.207 e. The Kier molecular flexibility index (Phi) is 2.99. The minimum atomic E-state index is -0.705. The predicted molar refractivity (Wildman–Crippen MR) is 45.9 cm³/mol. The summed E-state index contributed by atoms with van der Waals surface area (Å²) < 4.78 is 12.4. The molecule has 11 heavy (non-hydrogen) atoms. The molecule has 0 radical (unpaired) electrons. The summed E-state index contributed by atoms with van der Waals surface area (Å²) in [6, 6.07) is 3.90. The molecule has 0 fully saturated rings. The van der Waals surface area contributed by atoms with E-state index in [-0.39, 0.29) is 5.02 Å². The Hall–Kier alpha value is 0.0200. The van der Waals surface area contributed by atoms with E-state index in [2.05, 4.69) is 0 Å². The van der Waals surface area contributed by atoms with E-state index in [1.54, 1.807) is 0 Å². The van der Waals surface area contributed by atoms with Crippen LogP contribution < -0.4 is 0 Å². The van der Waals surface area contributed by atoms with Crippen LogP contribution in [0.3, 0.4) is 0 Å². The molecule has 0 heterocycles. The molecule has 60 valence electrons. The lowest BCUT2D eigenvalue weighted by atomic mass is 10.2. The second-order valence-electron chi connectivity index (χ2n) is 1.97. The summed E-state index contributed by atoms with van der Waals surface area (Å²) in [5.41, 5.74) is 0.524. The molecule has 0 N–H and O–H groups in total. The molecule has 0 atom stereocenters. The van der Waals surface area contributed by atoms with Gasteiger partial charge in [0, 0.05) is 10.6 Å². The standard InChI is InChI=1S/C7H4Cl3F/c8-6-3-4(11)1-2-5(6)7(9)10/h1-3,7H. The summed E-state index contributed by atoms with van der Waals surface area (Å²) in [4.78, 5) is -0.705. The van der Waals surface area contributed by atoms with Gasteiger partial charge in [-0.2, -0.15) is 0 Å².